The number of aliphatic imine (C=N–C) groups is 1. The van der Waals surface area contributed by atoms with Crippen molar-refractivity contribution in [1.82, 2.24) is 0 Å². The number of hydrogen-bond acceptors (Lipinski definition) is 1. The van der Waals surface area contributed by atoms with Crippen LogP contribution in [0, 0.1) is 17.8 Å². The molecule has 68 valence electrons. The Hall–Kier alpha value is -0.590. The molecule has 1 nitrogen and oxygen atoms in total. The van der Waals surface area contributed by atoms with Crippen molar-refractivity contribution in [3.63, 3.8) is 0 Å². The quantitative estimate of drug-likeness (QED) is 0.558. The summed E-state index contributed by atoms with van der Waals surface area (Å²) in [6, 6.07) is 0. The van der Waals surface area contributed by atoms with Gasteiger partial charge in [-0.1, -0.05) is 19.9 Å². The molecule has 0 aromatic rings. The van der Waals surface area contributed by atoms with Gasteiger partial charge < -0.3 is 0 Å². The van der Waals surface area contributed by atoms with Gasteiger partial charge in [-0.25, -0.2) is 0 Å². The molecule has 0 spiro atoms. The van der Waals surface area contributed by atoms with E-state index in [-0.39, 0.29) is 0 Å². The van der Waals surface area contributed by atoms with Crippen molar-refractivity contribution in [3.8, 4) is 0 Å². The van der Waals surface area contributed by atoms with E-state index >= 15 is 0 Å². The van der Waals surface area contributed by atoms with Gasteiger partial charge in [0.05, 0.1) is 0 Å². The number of allylic oxidation sites excluding steroid dienone is 2. The second-order valence-electron chi connectivity index (χ2n) is 4.07. The van der Waals surface area contributed by atoms with E-state index in [1.54, 1.807) is 0 Å². The van der Waals surface area contributed by atoms with Gasteiger partial charge in [0.2, 0.25) is 0 Å². The predicted molar refractivity (Wildman–Crippen MR) is 54.6 cm³/mol. The van der Waals surface area contributed by atoms with Gasteiger partial charge in [-0.2, -0.15) is 0 Å². The molecule has 1 rings (SSSR count). The Morgan fingerprint density at radius 2 is 1.92 bits per heavy atom. The fourth-order valence-corrected chi connectivity index (χ4v) is 2.14. The maximum absolute atomic E-state index is 4.00. The number of hydrogen-bond donors (Lipinski definition) is 0. The van der Waals surface area contributed by atoms with Crippen molar-refractivity contribution in [3.05, 3.63) is 11.6 Å². The number of nitrogens with zero attached hydrogens (tertiary/aromatic N) is 1. The van der Waals surface area contributed by atoms with E-state index < -0.39 is 0 Å². The molecule has 1 fully saturated rings. The van der Waals surface area contributed by atoms with Crippen LogP contribution in [0.15, 0.2) is 16.6 Å². The summed E-state index contributed by atoms with van der Waals surface area (Å²) in [5.41, 5.74) is 1.31. The second-order valence-corrected chi connectivity index (χ2v) is 4.07. The van der Waals surface area contributed by atoms with Crippen molar-refractivity contribution in [1.29, 1.82) is 0 Å². The maximum atomic E-state index is 4.00. The normalized spacial score (nSPS) is 37.0. The lowest BCUT2D eigenvalue weighted by Crippen LogP contribution is -2.31. The van der Waals surface area contributed by atoms with Gasteiger partial charge in [-0.05, 0) is 36.7 Å². The lowest BCUT2D eigenvalue weighted by atomic mass is 9.66. The van der Waals surface area contributed by atoms with Crippen LogP contribution in [0.5, 0.6) is 0 Å². The first-order valence-electron chi connectivity index (χ1n) is 4.75. The first-order chi connectivity index (χ1) is 5.65. The summed E-state index contributed by atoms with van der Waals surface area (Å²) in [6.45, 7) is 6.79. The number of rotatable bonds is 2. The molecule has 0 aromatic carbocycles. The lowest BCUT2D eigenvalue weighted by Gasteiger charge is -2.39. The Morgan fingerprint density at radius 1 is 1.33 bits per heavy atom. The van der Waals surface area contributed by atoms with E-state index in [0.29, 0.717) is 0 Å². The van der Waals surface area contributed by atoms with Gasteiger partial charge in [0.15, 0.2) is 0 Å². The van der Waals surface area contributed by atoms with E-state index in [0.717, 1.165) is 17.8 Å². The summed E-state index contributed by atoms with van der Waals surface area (Å²) in [4.78, 5) is 4.00. The zero-order chi connectivity index (χ0) is 9.14. The molecule has 2 atom stereocenters. The molecule has 1 aliphatic rings. The minimum absolute atomic E-state index is 0.794. The van der Waals surface area contributed by atoms with E-state index in [1.165, 1.54) is 12.0 Å². The van der Waals surface area contributed by atoms with Gasteiger partial charge >= 0.3 is 0 Å². The summed E-state index contributed by atoms with van der Waals surface area (Å²) < 4.78 is 0. The molecule has 12 heavy (non-hydrogen) atoms. The average molecular weight is 165 g/mol. The third-order valence-electron chi connectivity index (χ3n) is 2.85. The van der Waals surface area contributed by atoms with E-state index in [4.69, 9.17) is 0 Å². The molecule has 1 saturated carbocycles. The highest BCUT2D eigenvalue weighted by Crippen LogP contribution is 2.40. The molecule has 0 heterocycles. The summed E-state index contributed by atoms with van der Waals surface area (Å²) in [5, 5.41) is 0. The lowest BCUT2D eigenvalue weighted by molar-refractivity contribution is 0.148. The Morgan fingerprint density at radius 3 is 2.33 bits per heavy atom. The van der Waals surface area contributed by atoms with Gasteiger partial charge in [0.1, 0.15) is 0 Å². The molecule has 1 aliphatic carbocycles. The highest BCUT2D eigenvalue weighted by atomic mass is 14.6. The van der Waals surface area contributed by atoms with Gasteiger partial charge in [0, 0.05) is 13.3 Å². The van der Waals surface area contributed by atoms with Gasteiger partial charge in [-0.3, -0.25) is 4.99 Å². The summed E-state index contributed by atoms with van der Waals surface area (Å²) in [6.07, 6.45) is 5.70. The highest BCUT2D eigenvalue weighted by molar-refractivity contribution is 5.77. The maximum Gasteiger partial charge on any atom is 0.0277 e. The summed E-state index contributed by atoms with van der Waals surface area (Å²) in [7, 11) is 1.82. The zero-order valence-corrected chi connectivity index (χ0v) is 8.54. The van der Waals surface area contributed by atoms with Crippen LogP contribution in [-0.2, 0) is 0 Å². The first kappa shape index (κ1) is 9.50. The topological polar surface area (TPSA) is 12.4 Å². The molecule has 0 radical (unpaired) electrons. The predicted octanol–water partition coefficient (Wildman–Crippen LogP) is 2.93. The third-order valence-corrected chi connectivity index (χ3v) is 2.85. The minimum Gasteiger partial charge on any atom is -0.296 e. The SMILES string of the molecule is CN=C/C(C)=C\C1C(C)CC1C. The zero-order valence-electron chi connectivity index (χ0n) is 8.54. The Labute approximate surface area is 75.6 Å². The first-order valence-corrected chi connectivity index (χ1v) is 4.75. The van der Waals surface area contributed by atoms with Crippen molar-refractivity contribution in [2.24, 2.45) is 22.7 Å². The van der Waals surface area contributed by atoms with Crippen molar-refractivity contribution < 1.29 is 0 Å². The molecule has 0 amide bonds. The molecule has 0 aliphatic heterocycles. The van der Waals surface area contributed by atoms with Crippen LogP contribution < -0.4 is 0 Å². The second kappa shape index (κ2) is 3.88. The van der Waals surface area contributed by atoms with Crippen molar-refractivity contribution >= 4 is 6.21 Å². The van der Waals surface area contributed by atoms with Gasteiger partial charge in [0.25, 0.3) is 0 Å². The van der Waals surface area contributed by atoms with Crippen LogP contribution in [0.3, 0.4) is 0 Å². The fraction of sp³-hybridized carbons (Fsp3) is 0.727. The van der Waals surface area contributed by atoms with Crippen LogP contribution >= 0.6 is 0 Å². The van der Waals surface area contributed by atoms with Gasteiger partial charge in [-0.15, -0.1) is 0 Å². The van der Waals surface area contributed by atoms with Crippen LogP contribution in [0.4, 0.5) is 0 Å². The van der Waals surface area contributed by atoms with Crippen LogP contribution in [0.25, 0.3) is 0 Å². The average Bonchev–Trinajstić information content (AvgIpc) is 2.02. The van der Waals surface area contributed by atoms with E-state index in [1.807, 2.05) is 13.3 Å². The molecule has 0 bridgehead atoms. The van der Waals surface area contributed by atoms with Crippen molar-refractivity contribution in [2.75, 3.05) is 7.05 Å². The molecule has 1 heteroatoms. The van der Waals surface area contributed by atoms with Crippen LogP contribution in [-0.4, -0.2) is 13.3 Å². The molecular formula is C11H19N. The molecular weight excluding hydrogens is 146 g/mol. The molecule has 0 saturated heterocycles. The smallest absolute Gasteiger partial charge is 0.0277 e. The standard InChI is InChI=1S/C11H19N/c1-8(7-12-4)5-11-9(2)6-10(11)3/h5,7,9-11H,6H2,1-4H3/b8-5-,12-7?. The third kappa shape index (κ3) is 1.96. The van der Waals surface area contributed by atoms with E-state index in [2.05, 4.69) is 31.8 Å². The monoisotopic (exact) mass is 165 g/mol. The Balaban J connectivity index is 2.54. The van der Waals surface area contributed by atoms with Crippen LogP contribution in [0.2, 0.25) is 0 Å². The highest BCUT2D eigenvalue weighted by Gasteiger charge is 2.32. The Kier molecular flexibility index (Phi) is 3.07. The van der Waals surface area contributed by atoms with E-state index in [9.17, 15) is 0 Å². The largest absolute Gasteiger partial charge is 0.296 e. The summed E-state index contributed by atoms with van der Waals surface area (Å²) >= 11 is 0. The summed E-state index contributed by atoms with van der Waals surface area (Å²) in [5.74, 6) is 2.54. The molecule has 0 aromatic heterocycles. The van der Waals surface area contributed by atoms with Crippen LogP contribution in [0.1, 0.15) is 27.2 Å². The minimum atomic E-state index is 0.794. The fourth-order valence-electron chi connectivity index (χ4n) is 2.14. The molecule has 0 N–H and O–H groups in total. The molecule has 2 unspecified atom stereocenters. The van der Waals surface area contributed by atoms with Crippen molar-refractivity contribution in [2.45, 2.75) is 27.2 Å². The Bertz CT molecular complexity index is 195.